The molecule has 1 aromatic carbocycles. The molecule has 1 aromatic rings. The lowest BCUT2D eigenvalue weighted by Crippen LogP contribution is -2.20. The molecule has 0 aliphatic carbocycles. The van der Waals surface area contributed by atoms with Crippen LogP contribution in [0.5, 0.6) is 0 Å². The number of nitrogens with one attached hydrogen (secondary N) is 1. The molecule has 2 rings (SSSR count). The maximum atomic E-state index is 11.4. The lowest BCUT2D eigenvalue weighted by Gasteiger charge is -2.14. The number of halogens is 1. The van der Waals surface area contributed by atoms with Crippen molar-refractivity contribution in [3.05, 3.63) is 28.8 Å². The molecule has 1 aliphatic rings. The van der Waals surface area contributed by atoms with Crippen LogP contribution in [-0.4, -0.2) is 31.7 Å². The Bertz CT molecular complexity index is 583. The summed E-state index contributed by atoms with van der Waals surface area (Å²) in [6, 6.07) is 4.83. The van der Waals surface area contributed by atoms with Crippen LogP contribution in [0, 0.1) is 0 Å². The van der Waals surface area contributed by atoms with E-state index in [-0.39, 0.29) is 23.3 Å². The Morgan fingerprint density at radius 1 is 1.44 bits per heavy atom. The number of hydrogen-bond donors (Lipinski definition) is 1. The van der Waals surface area contributed by atoms with E-state index in [1.807, 2.05) is 0 Å². The van der Waals surface area contributed by atoms with E-state index < -0.39 is 9.84 Å². The van der Waals surface area contributed by atoms with E-state index in [4.69, 9.17) is 11.6 Å². The zero-order valence-electron chi connectivity index (χ0n) is 9.94. The van der Waals surface area contributed by atoms with Crippen molar-refractivity contribution in [1.82, 2.24) is 0 Å². The fraction of sp³-hybridized carbons (Fsp3) is 0.417. The number of rotatable bonds is 3. The monoisotopic (exact) mass is 287 g/mol. The van der Waals surface area contributed by atoms with Gasteiger partial charge in [-0.1, -0.05) is 11.6 Å². The van der Waals surface area contributed by atoms with Gasteiger partial charge in [0.2, 0.25) is 0 Å². The van der Waals surface area contributed by atoms with Gasteiger partial charge in [0.1, 0.15) is 0 Å². The molecule has 1 saturated heterocycles. The largest absolute Gasteiger partial charge is 0.380 e. The van der Waals surface area contributed by atoms with E-state index >= 15 is 0 Å². The standard InChI is InChI=1S/C12H14ClNO3S/c1-8(15)9-2-3-11(13)12(6-9)14-10-4-5-18(16,17)7-10/h2-3,6,10,14H,4-5,7H2,1H3. The number of carbonyl (C=O) groups is 1. The summed E-state index contributed by atoms with van der Waals surface area (Å²) < 4.78 is 22.7. The fourth-order valence-corrected chi connectivity index (χ4v) is 3.83. The third kappa shape index (κ3) is 3.03. The summed E-state index contributed by atoms with van der Waals surface area (Å²) in [7, 11) is -2.93. The highest BCUT2D eigenvalue weighted by Gasteiger charge is 2.28. The molecule has 1 fully saturated rings. The molecule has 0 aromatic heterocycles. The predicted octanol–water partition coefficient (Wildman–Crippen LogP) is 2.14. The molecule has 6 heteroatoms. The number of carbonyl (C=O) groups excluding carboxylic acids is 1. The summed E-state index contributed by atoms with van der Waals surface area (Å²) in [6.45, 7) is 1.48. The van der Waals surface area contributed by atoms with Gasteiger partial charge in [0, 0.05) is 11.6 Å². The van der Waals surface area contributed by atoms with Crippen molar-refractivity contribution in [2.45, 2.75) is 19.4 Å². The Labute approximate surface area is 111 Å². The molecule has 0 amide bonds. The number of benzene rings is 1. The third-order valence-corrected chi connectivity index (χ3v) is 5.06. The second-order valence-electron chi connectivity index (χ2n) is 4.50. The van der Waals surface area contributed by atoms with Gasteiger partial charge in [-0.25, -0.2) is 8.42 Å². The fourth-order valence-electron chi connectivity index (χ4n) is 1.98. The van der Waals surface area contributed by atoms with Gasteiger partial charge in [-0.05, 0) is 31.5 Å². The van der Waals surface area contributed by atoms with Crippen molar-refractivity contribution in [3.8, 4) is 0 Å². The quantitative estimate of drug-likeness (QED) is 0.865. The summed E-state index contributed by atoms with van der Waals surface area (Å²) >= 11 is 6.03. The van der Waals surface area contributed by atoms with Gasteiger partial charge in [0.05, 0.1) is 22.2 Å². The second-order valence-corrected chi connectivity index (χ2v) is 7.13. The van der Waals surface area contributed by atoms with Gasteiger partial charge in [-0.15, -0.1) is 0 Å². The first kappa shape index (κ1) is 13.4. The highest BCUT2D eigenvalue weighted by molar-refractivity contribution is 7.91. The van der Waals surface area contributed by atoms with Crippen LogP contribution in [0.1, 0.15) is 23.7 Å². The molecule has 0 radical (unpaired) electrons. The molecule has 18 heavy (non-hydrogen) atoms. The molecule has 98 valence electrons. The van der Waals surface area contributed by atoms with Crippen LogP contribution in [0.2, 0.25) is 5.02 Å². The topological polar surface area (TPSA) is 63.2 Å². The van der Waals surface area contributed by atoms with Crippen molar-refractivity contribution in [2.24, 2.45) is 0 Å². The van der Waals surface area contributed by atoms with Crippen LogP contribution in [0.15, 0.2) is 18.2 Å². The molecular weight excluding hydrogens is 274 g/mol. The minimum absolute atomic E-state index is 0.0474. The van der Waals surface area contributed by atoms with Crippen LogP contribution in [-0.2, 0) is 9.84 Å². The van der Waals surface area contributed by atoms with E-state index in [0.717, 1.165) is 0 Å². The summed E-state index contributed by atoms with van der Waals surface area (Å²) in [5, 5.41) is 3.59. The van der Waals surface area contributed by atoms with Crippen LogP contribution < -0.4 is 5.32 Å². The van der Waals surface area contributed by atoms with Gasteiger partial charge in [0.25, 0.3) is 0 Å². The van der Waals surface area contributed by atoms with Crippen molar-refractivity contribution < 1.29 is 13.2 Å². The first-order valence-corrected chi connectivity index (χ1v) is 7.85. The number of Topliss-reactive ketones (excluding diaryl/α,β-unsaturated/α-hetero) is 1. The lowest BCUT2D eigenvalue weighted by molar-refractivity contribution is 0.101. The maximum Gasteiger partial charge on any atom is 0.159 e. The van der Waals surface area contributed by atoms with Gasteiger partial charge < -0.3 is 5.32 Å². The van der Waals surface area contributed by atoms with Crippen molar-refractivity contribution in [2.75, 3.05) is 16.8 Å². The first-order valence-electron chi connectivity index (χ1n) is 5.65. The second kappa shape index (κ2) is 4.90. The highest BCUT2D eigenvalue weighted by atomic mass is 35.5. The Balaban J connectivity index is 2.19. The summed E-state index contributed by atoms with van der Waals surface area (Å²) in [5.74, 6) is 0.274. The SMILES string of the molecule is CC(=O)c1ccc(Cl)c(NC2CCS(=O)(=O)C2)c1. The van der Waals surface area contributed by atoms with Gasteiger partial charge in [-0.3, -0.25) is 4.79 Å². The summed E-state index contributed by atoms with van der Waals surface area (Å²) in [4.78, 5) is 11.3. The number of anilines is 1. The minimum atomic E-state index is -2.93. The Morgan fingerprint density at radius 2 is 2.17 bits per heavy atom. The maximum absolute atomic E-state index is 11.4. The van der Waals surface area contributed by atoms with Crippen molar-refractivity contribution >= 4 is 32.9 Å². The smallest absolute Gasteiger partial charge is 0.159 e. The van der Waals surface area contributed by atoms with E-state index in [0.29, 0.717) is 22.7 Å². The van der Waals surface area contributed by atoms with Crippen LogP contribution in [0.25, 0.3) is 0 Å². The Kier molecular flexibility index (Phi) is 3.64. The van der Waals surface area contributed by atoms with Gasteiger partial charge in [-0.2, -0.15) is 0 Å². The number of ketones is 1. The molecule has 4 nitrogen and oxygen atoms in total. The van der Waals surface area contributed by atoms with Crippen LogP contribution in [0.4, 0.5) is 5.69 Å². The molecule has 1 heterocycles. The predicted molar refractivity (Wildman–Crippen MR) is 72.1 cm³/mol. The molecular formula is C12H14ClNO3S. The Hall–Kier alpha value is -1.07. The number of hydrogen-bond acceptors (Lipinski definition) is 4. The number of sulfone groups is 1. The molecule has 0 saturated carbocycles. The van der Waals surface area contributed by atoms with E-state index in [9.17, 15) is 13.2 Å². The van der Waals surface area contributed by atoms with E-state index in [1.54, 1.807) is 18.2 Å². The lowest BCUT2D eigenvalue weighted by atomic mass is 10.1. The highest BCUT2D eigenvalue weighted by Crippen LogP contribution is 2.26. The first-order chi connectivity index (χ1) is 8.37. The average molecular weight is 288 g/mol. The molecule has 1 aliphatic heterocycles. The zero-order valence-corrected chi connectivity index (χ0v) is 11.5. The van der Waals surface area contributed by atoms with Gasteiger partial charge in [0.15, 0.2) is 15.6 Å². The van der Waals surface area contributed by atoms with Crippen LogP contribution >= 0.6 is 11.6 Å². The molecule has 0 bridgehead atoms. The summed E-state index contributed by atoms with van der Waals surface area (Å²) in [5.41, 5.74) is 1.18. The minimum Gasteiger partial charge on any atom is -0.380 e. The van der Waals surface area contributed by atoms with Crippen molar-refractivity contribution in [1.29, 1.82) is 0 Å². The molecule has 1 N–H and O–H groups in total. The Morgan fingerprint density at radius 3 is 2.72 bits per heavy atom. The van der Waals surface area contributed by atoms with E-state index in [1.165, 1.54) is 6.92 Å². The average Bonchev–Trinajstić information content (AvgIpc) is 2.61. The van der Waals surface area contributed by atoms with Gasteiger partial charge >= 0.3 is 0 Å². The molecule has 1 unspecified atom stereocenters. The van der Waals surface area contributed by atoms with Crippen molar-refractivity contribution in [3.63, 3.8) is 0 Å². The zero-order chi connectivity index (χ0) is 13.3. The molecule has 0 spiro atoms. The normalized spacial score (nSPS) is 21.8. The molecule has 1 atom stereocenters. The van der Waals surface area contributed by atoms with Crippen LogP contribution in [0.3, 0.4) is 0 Å². The van der Waals surface area contributed by atoms with E-state index in [2.05, 4.69) is 5.32 Å². The third-order valence-electron chi connectivity index (χ3n) is 2.96. The summed E-state index contributed by atoms with van der Waals surface area (Å²) in [6.07, 6.45) is 0.572.